The van der Waals surface area contributed by atoms with Gasteiger partial charge in [-0.05, 0) is 0 Å². The summed E-state index contributed by atoms with van der Waals surface area (Å²) in [4.78, 5) is 26.9. The van der Waals surface area contributed by atoms with E-state index in [0.717, 1.165) is 84.9 Å². The van der Waals surface area contributed by atoms with Crippen LogP contribution in [0.2, 0.25) is 8.87 Å². The Morgan fingerprint density at radius 1 is 0.564 bits per heavy atom. The van der Waals surface area contributed by atoms with E-state index in [1.54, 1.807) is 0 Å². The number of carbonyl (C=O) groups excluding carboxylic acids is 2. The van der Waals surface area contributed by atoms with E-state index in [9.17, 15) is 9.59 Å². The minimum atomic E-state index is -3.98. The van der Waals surface area contributed by atoms with E-state index >= 15 is 0 Å². The molecule has 39 heavy (non-hydrogen) atoms. The second-order valence-electron chi connectivity index (χ2n) is 12.5. The molecule has 0 aromatic carbocycles. The monoisotopic (exact) mass is 696 g/mol. The van der Waals surface area contributed by atoms with Gasteiger partial charge in [-0.3, -0.25) is 0 Å². The number of unbranched alkanes of at least 4 members (excludes halogenated alkanes) is 8. The van der Waals surface area contributed by atoms with Crippen LogP contribution in [0, 0.1) is 23.7 Å². The number of rotatable bonds is 26. The van der Waals surface area contributed by atoms with Crippen LogP contribution in [0.5, 0.6) is 0 Å². The third-order valence-corrected chi connectivity index (χ3v) is 18.2. The molecule has 0 aliphatic rings. The Labute approximate surface area is 259 Å². The summed E-state index contributed by atoms with van der Waals surface area (Å²) in [6, 6.07) is 0. The summed E-state index contributed by atoms with van der Waals surface area (Å²) in [5.41, 5.74) is 0. The van der Waals surface area contributed by atoms with Crippen molar-refractivity contribution >= 4 is 56.4 Å². The third kappa shape index (κ3) is 20.1. The predicted octanol–water partition coefficient (Wildman–Crippen LogP) is 10.2. The normalized spacial score (nSPS) is 13.6. The molecular formula is C32H64O4S2Sn. The van der Waals surface area contributed by atoms with Gasteiger partial charge in [0.05, 0.1) is 0 Å². The summed E-state index contributed by atoms with van der Waals surface area (Å²) in [6.45, 7) is 13.4. The van der Waals surface area contributed by atoms with Crippen molar-refractivity contribution in [2.75, 3.05) is 11.5 Å². The number of carbonyl (C=O) groups is 2. The Morgan fingerprint density at radius 2 is 0.897 bits per heavy atom. The second-order valence-corrected chi connectivity index (χ2v) is 22.4. The molecule has 0 aromatic rings. The Balaban J connectivity index is 5.24. The molecule has 2 atom stereocenters. The van der Waals surface area contributed by atoms with Gasteiger partial charge >= 0.3 is 260 Å². The van der Waals surface area contributed by atoms with Gasteiger partial charge in [0.15, 0.2) is 0 Å². The topological polar surface area (TPSA) is 52.6 Å². The predicted molar refractivity (Wildman–Crippen MR) is 177 cm³/mol. The zero-order valence-electron chi connectivity index (χ0n) is 26.5. The molecule has 0 rings (SSSR count). The molecule has 232 valence electrons. The van der Waals surface area contributed by atoms with E-state index < -0.39 is 19.2 Å². The molecule has 0 saturated heterocycles. The first kappa shape index (κ1) is 39.4. The Kier molecular flexibility index (Phi) is 25.3. The van der Waals surface area contributed by atoms with Gasteiger partial charge in [0.2, 0.25) is 0 Å². The summed E-state index contributed by atoms with van der Waals surface area (Å²) in [7, 11) is 0. The van der Waals surface area contributed by atoms with Gasteiger partial charge in [0.25, 0.3) is 0 Å². The summed E-state index contributed by atoms with van der Waals surface area (Å²) < 4.78 is 14.3. The van der Waals surface area contributed by atoms with Crippen LogP contribution < -0.4 is 0 Å². The molecular weight excluding hydrogens is 631 g/mol. The van der Waals surface area contributed by atoms with Crippen molar-refractivity contribution in [3.05, 3.63) is 0 Å². The molecule has 0 N–H and O–H groups in total. The van der Waals surface area contributed by atoms with Crippen LogP contribution in [0.25, 0.3) is 0 Å². The SMILES string of the molecule is CCC[CH2][Sn]([CH2]CCC)([O]C(=O)C(CS)CCCCCCC(C)C)[O]C(=O)C(CS)CCCCCCC(C)C. The fourth-order valence-electron chi connectivity index (χ4n) is 4.94. The van der Waals surface area contributed by atoms with Gasteiger partial charge < -0.3 is 0 Å². The van der Waals surface area contributed by atoms with Gasteiger partial charge in [0.1, 0.15) is 0 Å². The molecule has 2 unspecified atom stereocenters. The summed E-state index contributed by atoms with van der Waals surface area (Å²) >= 11 is 5.04. The molecule has 4 nitrogen and oxygen atoms in total. The molecule has 0 spiro atoms. The minimum absolute atomic E-state index is 0.171. The van der Waals surface area contributed by atoms with Gasteiger partial charge in [-0.25, -0.2) is 0 Å². The van der Waals surface area contributed by atoms with Gasteiger partial charge in [-0.15, -0.1) is 0 Å². The number of thiol groups is 2. The van der Waals surface area contributed by atoms with E-state index in [2.05, 4.69) is 66.8 Å². The molecule has 0 amide bonds. The molecule has 0 aliphatic heterocycles. The molecule has 7 heteroatoms. The van der Waals surface area contributed by atoms with Crippen LogP contribution >= 0.6 is 25.3 Å². The van der Waals surface area contributed by atoms with Crippen LogP contribution in [0.3, 0.4) is 0 Å². The first-order valence-electron chi connectivity index (χ1n) is 16.3. The van der Waals surface area contributed by atoms with Gasteiger partial charge in [0, 0.05) is 0 Å². The Morgan fingerprint density at radius 3 is 1.18 bits per heavy atom. The van der Waals surface area contributed by atoms with Crippen molar-refractivity contribution < 1.29 is 15.7 Å². The van der Waals surface area contributed by atoms with E-state index in [1.165, 1.54) is 38.5 Å². The summed E-state index contributed by atoms with van der Waals surface area (Å²) in [6.07, 6.45) is 17.2. The first-order valence-corrected chi connectivity index (χ1v) is 23.9. The van der Waals surface area contributed by atoms with Crippen LogP contribution in [-0.4, -0.2) is 42.6 Å². The standard InChI is InChI=1S/2C12H24O2S.2C4H9.Sn/c2*1-10(2)7-5-3-4-6-8-11(9-15)12(13)14;2*1-3-4-2;/h2*10-11,15H,3-9H2,1-2H3,(H,13,14);2*1,3-4H2,2H3;/q;;;;+2/p-2. The van der Waals surface area contributed by atoms with E-state index in [1.807, 2.05) is 0 Å². The Bertz CT molecular complexity index is 563. The van der Waals surface area contributed by atoms with Gasteiger partial charge in [-0.2, -0.15) is 0 Å². The Hall–Kier alpha value is 0.439. The van der Waals surface area contributed by atoms with Gasteiger partial charge in [-0.1, -0.05) is 0 Å². The van der Waals surface area contributed by atoms with E-state index in [-0.39, 0.29) is 23.8 Å². The molecule has 0 radical (unpaired) electrons. The fourth-order valence-corrected chi connectivity index (χ4v) is 15.7. The van der Waals surface area contributed by atoms with Crippen molar-refractivity contribution in [2.45, 2.75) is 153 Å². The fraction of sp³-hybridized carbons (Fsp3) is 0.938. The van der Waals surface area contributed by atoms with Crippen LogP contribution in [0.1, 0.15) is 144 Å². The zero-order valence-corrected chi connectivity index (χ0v) is 31.1. The first-order chi connectivity index (χ1) is 18.6. The maximum atomic E-state index is 13.4. The quantitative estimate of drug-likeness (QED) is 0.0538. The van der Waals surface area contributed by atoms with Crippen molar-refractivity contribution in [1.29, 1.82) is 0 Å². The van der Waals surface area contributed by atoms with Crippen LogP contribution in [-0.2, 0) is 15.7 Å². The number of hydrogen-bond acceptors (Lipinski definition) is 6. The molecule has 0 saturated carbocycles. The second kappa shape index (κ2) is 25.0. The molecule has 0 bridgehead atoms. The molecule has 0 aliphatic carbocycles. The van der Waals surface area contributed by atoms with E-state index in [0.29, 0.717) is 11.5 Å². The maximum absolute atomic E-state index is 13.4. The average Bonchev–Trinajstić information content (AvgIpc) is 2.89. The van der Waals surface area contributed by atoms with Crippen molar-refractivity contribution in [3.8, 4) is 0 Å². The average molecular weight is 696 g/mol. The van der Waals surface area contributed by atoms with Crippen LogP contribution in [0.15, 0.2) is 0 Å². The van der Waals surface area contributed by atoms with E-state index in [4.69, 9.17) is 6.15 Å². The third-order valence-electron chi connectivity index (χ3n) is 7.67. The van der Waals surface area contributed by atoms with Crippen molar-refractivity contribution in [3.63, 3.8) is 0 Å². The van der Waals surface area contributed by atoms with Crippen molar-refractivity contribution in [2.24, 2.45) is 23.7 Å². The van der Waals surface area contributed by atoms with Crippen molar-refractivity contribution in [1.82, 2.24) is 0 Å². The number of hydrogen-bond donors (Lipinski definition) is 2. The summed E-state index contributed by atoms with van der Waals surface area (Å²) in [5, 5.41) is 0. The molecule has 0 heterocycles. The van der Waals surface area contributed by atoms with Crippen LogP contribution in [0.4, 0.5) is 0 Å². The summed E-state index contributed by atoms with van der Waals surface area (Å²) in [5.74, 6) is 1.68. The zero-order chi connectivity index (χ0) is 29.5. The molecule has 0 aromatic heterocycles. The molecule has 0 fully saturated rings.